The van der Waals surface area contributed by atoms with Gasteiger partial charge in [0.1, 0.15) is 17.7 Å². The summed E-state index contributed by atoms with van der Waals surface area (Å²) in [7, 11) is 0. The van der Waals surface area contributed by atoms with E-state index >= 15 is 0 Å². The molecule has 3 heterocycles. The van der Waals surface area contributed by atoms with E-state index in [9.17, 15) is 4.79 Å². The van der Waals surface area contributed by atoms with Gasteiger partial charge >= 0.3 is 0 Å². The molecule has 1 unspecified atom stereocenters. The predicted octanol–water partition coefficient (Wildman–Crippen LogP) is 2.82. The van der Waals surface area contributed by atoms with E-state index < -0.39 is 0 Å². The highest BCUT2D eigenvalue weighted by molar-refractivity contribution is 6.03. The van der Waals surface area contributed by atoms with E-state index in [1.165, 1.54) is 11.9 Å². The Labute approximate surface area is 152 Å². The highest BCUT2D eigenvalue weighted by Crippen LogP contribution is 2.19. The Hall–Kier alpha value is -2.73. The SMILES string of the molecule is O=C(c1ncnc2[nH]ccc12)N1CCC(OCCCc2ccccc2)C1. The van der Waals surface area contributed by atoms with Crippen molar-refractivity contribution in [3.05, 3.63) is 60.2 Å². The number of likely N-dealkylation sites (tertiary alicyclic amines) is 1. The molecule has 4 rings (SSSR count). The average molecular weight is 350 g/mol. The van der Waals surface area contributed by atoms with Gasteiger partial charge in [0.2, 0.25) is 0 Å². The molecule has 1 aliphatic heterocycles. The van der Waals surface area contributed by atoms with Crippen LogP contribution in [0.4, 0.5) is 0 Å². The van der Waals surface area contributed by atoms with Crippen LogP contribution in [0.15, 0.2) is 48.9 Å². The van der Waals surface area contributed by atoms with Gasteiger partial charge in [-0.15, -0.1) is 0 Å². The number of H-pyrrole nitrogens is 1. The molecule has 6 heteroatoms. The van der Waals surface area contributed by atoms with Gasteiger partial charge in [-0.05, 0) is 30.9 Å². The van der Waals surface area contributed by atoms with Crippen LogP contribution in [-0.4, -0.2) is 51.6 Å². The normalized spacial score (nSPS) is 17.1. The van der Waals surface area contributed by atoms with Crippen molar-refractivity contribution in [2.45, 2.75) is 25.4 Å². The number of hydrogen-bond donors (Lipinski definition) is 1. The fraction of sp³-hybridized carbons (Fsp3) is 0.350. The first-order valence-corrected chi connectivity index (χ1v) is 9.04. The lowest BCUT2D eigenvalue weighted by Gasteiger charge is -2.16. The van der Waals surface area contributed by atoms with Crippen molar-refractivity contribution in [3.8, 4) is 0 Å². The Balaban J connectivity index is 1.28. The molecule has 26 heavy (non-hydrogen) atoms. The second-order valence-corrected chi connectivity index (χ2v) is 6.58. The third-order valence-electron chi connectivity index (χ3n) is 4.79. The van der Waals surface area contributed by atoms with Crippen LogP contribution < -0.4 is 0 Å². The topological polar surface area (TPSA) is 71.1 Å². The quantitative estimate of drug-likeness (QED) is 0.694. The highest BCUT2D eigenvalue weighted by atomic mass is 16.5. The second-order valence-electron chi connectivity index (χ2n) is 6.58. The summed E-state index contributed by atoms with van der Waals surface area (Å²) in [4.78, 5) is 26.0. The van der Waals surface area contributed by atoms with Crippen LogP contribution in [0.25, 0.3) is 11.0 Å². The second kappa shape index (κ2) is 7.66. The first kappa shape index (κ1) is 16.7. The van der Waals surface area contributed by atoms with Crippen molar-refractivity contribution in [2.24, 2.45) is 0 Å². The number of amides is 1. The van der Waals surface area contributed by atoms with Crippen molar-refractivity contribution in [2.75, 3.05) is 19.7 Å². The fourth-order valence-electron chi connectivity index (χ4n) is 3.41. The highest BCUT2D eigenvalue weighted by Gasteiger charge is 2.29. The lowest BCUT2D eigenvalue weighted by Crippen LogP contribution is -2.31. The Morgan fingerprint density at radius 3 is 3.00 bits per heavy atom. The Bertz CT molecular complexity index is 878. The first-order valence-electron chi connectivity index (χ1n) is 9.04. The van der Waals surface area contributed by atoms with Crippen LogP contribution in [0.2, 0.25) is 0 Å². The maximum absolute atomic E-state index is 12.8. The zero-order chi connectivity index (χ0) is 17.8. The van der Waals surface area contributed by atoms with Crippen LogP contribution in [0, 0.1) is 0 Å². The molecule has 1 N–H and O–H groups in total. The number of aromatic nitrogens is 3. The molecule has 1 saturated heterocycles. The third kappa shape index (κ3) is 3.60. The maximum atomic E-state index is 12.8. The molecule has 1 atom stereocenters. The molecule has 134 valence electrons. The molecule has 2 aromatic heterocycles. The van der Waals surface area contributed by atoms with Gasteiger partial charge in [-0.1, -0.05) is 30.3 Å². The standard InChI is InChI=1S/C20H22N4O2/c25-20(18-17-8-10-21-19(17)23-14-22-18)24-11-9-16(13-24)26-12-4-7-15-5-2-1-3-6-15/h1-3,5-6,8,10,14,16H,4,7,9,11-13H2,(H,21,22,23). The predicted molar refractivity (Wildman–Crippen MR) is 98.9 cm³/mol. The molecule has 1 aromatic carbocycles. The van der Waals surface area contributed by atoms with E-state index in [2.05, 4.69) is 39.2 Å². The molecule has 0 radical (unpaired) electrons. The fourth-order valence-corrected chi connectivity index (χ4v) is 3.41. The zero-order valence-corrected chi connectivity index (χ0v) is 14.6. The summed E-state index contributed by atoms with van der Waals surface area (Å²) in [6.45, 7) is 2.05. The molecule has 0 saturated carbocycles. The number of ether oxygens (including phenoxy) is 1. The lowest BCUT2D eigenvalue weighted by atomic mass is 10.1. The number of nitrogens with one attached hydrogen (secondary N) is 1. The summed E-state index contributed by atoms with van der Waals surface area (Å²) < 4.78 is 5.98. The Morgan fingerprint density at radius 2 is 2.12 bits per heavy atom. The molecule has 0 spiro atoms. The number of nitrogens with zero attached hydrogens (tertiary/aromatic N) is 3. The van der Waals surface area contributed by atoms with Gasteiger partial charge < -0.3 is 14.6 Å². The van der Waals surface area contributed by atoms with Gasteiger partial charge in [-0.2, -0.15) is 0 Å². The van der Waals surface area contributed by atoms with Crippen molar-refractivity contribution in [3.63, 3.8) is 0 Å². The number of aromatic amines is 1. The van der Waals surface area contributed by atoms with Crippen molar-refractivity contribution < 1.29 is 9.53 Å². The van der Waals surface area contributed by atoms with E-state index in [0.717, 1.165) is 31.3 Å². The molecule has 0 aliphatic carbocycles. The van der Waals surface area contributed by atoms with Crippen LogP contribution in [0.1, 0.15) is 28.9 Å². The first-order chi connectivity index (χ1) is 12.8. The minimum atomic E-state index is -0.0487. The van der Waals surface area contributed by atoms with Crippen LogP contribution >= 0.6 is 0 Å². The molecular formula is C20H22N4O2. The van der Waals surface area contributed by atoms with E-state index in [-0.39, 0.29) is 12.0 Å². The van der Waals surface area contributed by atoms with Crippen LogP contribution in [0.3, 0.4) is 0 Å². The molecule has 1 aliphatic rings. The Morgan fingerprint density at radius 1 is 1.23 bits per heavy atom. The minimum absolute atomic E-state index is 0.0487. The Kier molecular flexibility index (Phi) is 4.93. The van der Waals surface area contributed by atoms with E-state index in [0.29, 0.717) is 24.4 Å². The average Bonchev–Trinajstić information content (AvgIpc) is 3.34. The lowest BCUT2D eigenvalue weighted by molar-refractivity contribution is 0.0523. The van der Waals surface area contributed by atoms with Crippen LogP contribution in [0.5, 0.6) is 0 Å². The molecule has 1 fully saturated rings. The van der Waals surface area contributed by atoms with Crippen molar-refractivity contribution in [1.82, 2.24) is 19.9 Å². The van der Waals surface area contributed by atoms with Gasteiger partial charge in [-0.25, -0.2) is 9.97 Å². The molecule has 0 bridgehead atoms. The molecule has 1 amide bonds. The third-order valence-corrected chi connectivity index (χ3v) is 4.79. The zero-order valence-electron chi connectivity index (χ0n) is 14.6. The number of aryl methyl sites for hydroxylation is 1. The van der Waals surface area contributed by atoms with Gasteiger partial charge in [0.25, 0.3) is 5.91 Å². The molecule has 6 nitrogen and oxygen atoms in total. The maximum Gasteiger partial charge on any atom is 0.273 e. The van der Waals surface area contributed by atoms with Gasteiger partial charge in [0.15, 0.2) is 0 Å². The molecular weight excluding hydrogens is 328 g/mol. The number of carbonyl (C=O) groups excluding carboxylic acids is 1. The van der Waals surface area contributed by atoms with Crippen molar-refractivity contribution in [1.29, 1.82) is 0 Å². The molecule has 3 aromatic rings. The van der Waals surface area contributed by atoms with Gasteiger partial charge in [0.05, 0.1) is 11.5 Å². The number of hydrogen-bond acceptors (Lipinski definition) is 4. The summed E-state index contributed by atoms with van der Waals surface area (Å²) in [5.74, 6) is -0.0487. The smallest absolute Gasteiger partial charge is 0.273 e. The summed E-state index contributed by atoms with van der Waals surface area (Å²) >= 11 is 0. The summed E-state index contributed by atoms with van der Waals surface area (Å²) in [5, 5.41) is 0.768. The minimum Gasteiger partial charge on any atom is -0.376 e. The monoisotopic (exact) mass is 350 g/mol. The number of benzene rings is 1. The van der Waals surface area contributed by atoms with E-state index in [1.54, 1.807) is 6.20 Å². The van der Waals surface area contributed by atoms with Crippen molar-refractivity contribution >= 4 is 16.9 Å². The summed E-state index contributed by atoms with van der Waals surface area (Å²) in [5.41, 5.74) is 2.48. The van der Waals surface area contributed by atoms with Gasteiger partial charge in [0, 0.05) is 25.9 Å². The van der Waals surface area contributed by atoms with Crippen LogP contribution in [-0.2, 0) is 11.2 Å². The van der Waals surface area contributed by atoms with E-state index in [4.69, 9.17) is 4.74 Å². The number of carbonyl (C=O) groups is 1. The van der Waals surface area contributed by atoms with Gasteiger partial charge in [-0.3, -0.25) is 4.79 Å². The number of rotatable bonds is 6. The van der Waals surface area contributed by atoms with E-state index in [1.807, 2.05) is 17.0 Å². The number of fused-ring (bicyclic) bond motifs is 1. The summed E-state index contributed by atoms with van der Waals surface area (Å²) in [6, 6.07) is 12.3. The largest absolute Gasteiger partial charge is 0.376 e. The summed E-state index contributed by atoms with van der Waals surface area (Å²) in [6.07, 6.45) is 6.20.